The Labute approximate surface area is 90.7 Å². The molecular formula is C13H18FN. The van der Waals surface area contributed by atoms with E-state index in [0.717, 1.165) is 30.5 Å². The molecule has 2 heteroatoms. The molecule has 1 aromatic carbocycles. The van der Waals surface area contributed by atoms with E-state index in [1.165, 1.54) is 0 Å². The summed E-state index contributed by atoms with van der Waals surface area (Å²) in [5, 5.41) is 3.40. The SMILES string of the molecule is CCC1CCNC1c1cc(C)ccc1F. The van der Waals surface area contributed by atoms with Gasteiger partial charge in [0.2, 0.25) is 0 Å². The zero-order valence-corrected chi connectivity index (χ0v) is 9.39. The van der Waals surface area contributed by atoms with Crippen LogP contribution in [0.15, 0.2) is 18.2 Å². The van der Waals surface area contributed by atoms with E-state index in [1.54, 1.807) is 6.07 Å². The fourth-order valence-electron chi connectivity index (χ4n) is 2.46. The molecule has 0 aliphatic carbocycles. The fourth-order valence-corrected chi connectivity index (χ4v) is 2.46. The average Bonchev–Trinajstić information content (AvgIpc) is 2.69. The van der Waals surface area contributed by atoms with Gasteiger partial charge in [-0.2, -0.15) is 0 Å². The van der Waals surface area contributed by atoms with Gasteiger partial charge in [0.15, 0.2) is 0 Å². The Balaban J connectivity index is 2.31. The van der Waals surface area contributed by atoms with E-state index in [-0.39, 0.29) is 11.9 Å². The van der Waals surface area contributed by atoms with E-state index in [2.05, 4.69) is 12.2 Å². The lowest BCUT2D eigenvalue weighted by atomic mass is 9.91. The highest BCUT2D eigenvalue weighted by molar-refractivity contribution is 5.28. The zero-order chi connectivity index (χ0) is 10.8. The summed E-state index contributed by atoms with van der Waals surface area (Å²) in [5.41, 5.74) is 1.98. The molecule has 1 saturated heterocycles. The van der Waals surface area contributed by atoms with Crippen molar-refractivity contribution in [1.82, 2.24) is 5.32 Å². The first-order valence-corrected chi connectivity index (χ1v) is 5.71. The van der Waals surface area contributed by atoms with Crippen LogP contribution in [0.1, 0.15) is 36.9 Å². The predicted molar refractivity (Wildman–Crippen MR) is 60.3 cm³/mol. The minimum absolute atomic E-state index is 0.0709. The van der Waals surface area contributed by atoms with E-state index in [1.807, 2.05) is 19.1 Å². The molecular weight excluding hydrogens is 189 g/mol. The Morgan fingerprint density at radius 3 is 3.00 bits per heavy atom. The van der Waals surface area contributed by atoms with Crippen LogP contribution in [0, 0.1) is 18.7 Å². The number of hydrogen-bond acceptors (Lipinski definition) is 1. The first-order valence-electron chi connectivity index (χ1n) is 5.71. The van der Waals surface area contributed by atoms with Crippen LogP contribution in [0.2, 0.25) is 0 Å². The predicted octanol–water partition coefficient (Wildman–Crippen LogP) is 3.19. The van der Waals surface area contributed by atoms with E-state index < -0.39 is 0 Å². The molecule has 15 heavy (non-hydrogen) atoms. The largest absolute Gasteiger partial charge is 0.310 e. The molecule has 0 radical (unpaired) electrons. The van der Waals surface area contributed by atoms with Gasteiger partial charge in [0.1, 0.15) is 5.82 Å². The van der Waals surface area contributed by atoms with E-state index in [0.29, 0.717) is 5.92 Å². The monoisotopic (exact) mass is 207 g/mol. The van der Waals surface area contributed by atoms with Gasteiger partial charge in [-0.1, -0.05) is 31.0 Å². The fraction of sp³-hybridized carbons (Fsp3) is 0.538. The molecule has 1 N–H and O–H groups in total. The second kappa shape index (κ2) is 4.31. The van der Waals surface area contributed by atoms with Crippen molar-refractivity contribution in [3.63, 3.8) is 0 Å². The van der Waals surface area contributed by atoms with Gasteiger partial charge >= 0.3 is 0 Å². The van der Waals surface area contributed by atoms with Gasteiger partial charge < -0.3 is 5.32 Å². The molecule has 0 spiro atoms. The van der Waals surface area contributed by atoms with E-state index in [4.69, 9.17) is 0 Å². The molecule has 1 aromatic rings. The summed E-state index contributed by atoms with van der Waals surface area (Å²) in [6.07, 6.45) is 2.28. The molecule has 0 saturated carbocycles. The van der Waals surface area contributed by atoms with Crippen LogP contribution in [0.5, 0.6) is 0 Å². The molecule has 2 rings (SSSR count). The lowest BCUT2D eigenvalue weighted by Gasteiger charge is -2.19. The molecule has 1 aliphatic heterocycles. The summed E-state index contributed by atoms with van der Waals surface area (Å²) in [6.45, 7) is 5.20. The highest BCUT2D eigenvalue weighted by atomic mass is 19.1. The summed E-state index contributed by atoms with van der Waals surface area (Å²) in [4.78, 5) is 0. The number of halogens is 1. The van der Waals surface area contributed by atoms with Crippen molar-refractivity contribution in [2.24, 2.45) is 5.92 Å². The Morgan fingerprint density at radius 1 is 1.47 bits per heavy atom. The molecule has 82 valence electrons. The van der Waals surface area contributed by atoms with Crippen molar-refractivity contribution in [2.75, 3.05) is 6.54 Å². The molecule has 1 nitrogen and oxygen atoms in total. The maximum atomic E-state index is 13.7. The van der Waals surface area contributed by atoms with Crippen LogP contribution < -0.4 is 5.32 Å². The summed E-state index contributed by atoms with van der Waals surface area (Å²) in [6, 6.07) is 5.60. The summed E-state index contributed by atoms with van der Waals surface area (Å²) >= 11 is 0. The lowest BCUT2D eigenvalue weighted by molar-refractivity contribution is 0.432. The van der Waals surface area contributed by atoms with Crippen molar-refractivity contribution >= 4 is 0 Å². The molecule has 1 aliphatic rings. The Morgan fingerprint density at radius 2 is 2.27 bits per heavy atom. The second-order valence-corrected chi connectivity index (χ2v) is 4.41. The summed E-state index contributed by atoms with van der Waals surface area (Å²) in [5.74, 6) is 0.514. The second-order valence-electron chi connectivity index (χ2n) is 4.41. The highest BCUT2D eigenvalue weighted by Gasteiger charge is 2.28. The third kappa shape index (κ3) is 2.05. The Bertz CT molecular complexity index is 348. The number of hydrogen-bond donors (Lipinski definition) is 1. The standard InChI is InChI=1S/C13H18FN/c1-3-10-6-7-15-13(10)11-8-9(2)4-5-12(11)14/h4-5,8,10,13,15H,3,6-7H2,1-2H3. The highest BCUT2D eigenvalue weighted by Crippen LogP contribution is 2.33. The first kappa shape index (κ1) is 10.6. The molecule has 2 unspecified atom stereocenters. The van der Waals surface area contributed by atoms with Gasteiger partial charge in [0.25, 0.3) is 0 Å². The van der Waals surface area contributed by atoms with Gasteiger partial charge in [0, 0.05) is 11.6 Å². The lowest BCUT2D eigenvalue weighted by Crippen LogP contribution is -2.19. The maximum Gasteiger partial charge on any atom is 0.128 e. The van der Waals surface area contributed by atoms with Gasteiger partial charge in [0.05, 0.1) is 0 Å². The van der Waals surface area contributed by atoms with Crippen LogP contribution in [0.25, 0.3) is 0 Å². The Kier molecular flexibility index (Phi) is 3.06. The van der Waals surface area contributed by atoms with Crippen molar-refractivity contribution in [2.45, 2.75) is 32.7 Å². The van der Waals surface area contributed by atoms with Crippen LogP contribution >= 0.6 is 0 Å². The minimum Gasteiger partial charge on any atom is -0.310 e. The van der Waals surface area contributed by atoms with Crippen molar-refractivity contribution < 1.29 is 4.39 Å². The van der Waals surface area contributed by atoms with E-state index in [9.17, 15) is 4.39 Å². The van der Waals surface area contributed by atoms with Crippen LogP contribution in [0.4, 0.5) is 4.39 Å². The molecule has 0 amide bonds. The van der Waals surface area contributed by atoms with Gasteiger partial charge in [-0.25, -0.2) is 4.39 Å². The smallest absolute Gasteiger partial charge is 0.128 e. The number of nitrogens with one attached hydrogen (secondary N) is 1. The number of aryl methyl sites for hydroxylation is 1. The average molecular weight is 207 g/mol. The molecule has 1 fully saturated rings. The van der Waals surface area contributed by atoms with Crippen molar-refractivity contribution in [1.29, 1.82) is 0 Å². The maximum absolute atomic E-state index is 13.7. The third-order valence-electron chi connectivity index (χ3n) is 3.36. The first-order chi connectivity index (χ1) is 7.22. The normalized spacial score (nSPS) is 25.8. The summed E-state index contributed by atoms with van der Waals surface area (Å²) < 4.78 is 13.7. The summed E-state index contributed by atoms with van der Waals surface area (Å²) in [7, 11) is 0. The molecule has 0 aromatic heterocycles. The van der Waals surface area contributed by atoms with Crippen LogP contribution in [-0.2, 0) is 0 Å². The minimum atomic E-state index is -0.0709. The van der Waals surface area contributed by atoms with Gasteiger partial charge in [-0.3, -0.25) is 0 Å². The molecule has 1 heterocycles. The van der Waals surface area contributed by atoms with Crippen molar-refractivity contribution in [3.8, 4) is 0 Å². The number of benzene rings is 1. The quantitative estimate of drug-likeness (QED) is 0.785. The topological polar surface area (TPSA) is 12.0 Å². The van der Waals surface area contributed by atoms with Crippen LogP contribution in [0.3, 0.4) is 0 Å². The molecule has 0 bridgehead atoms. The van der Waals surface area contributed by atoms with E-state index >= 15 is 0 Å². The zero-order valence-electron chi connectivity index (χ0n) is 9.39. The van der Waals surface area contributed by atoms with Gasteiger partial charge in [-0.15, -0.1) is 0 Å². The Hall–Kier alpha value is -0.890. The van der Waals surface area contributed by atoms with Gasteiger partial charge in [-0.05, 0) is 31.9 Å². The number of rotatable bonds is 2. The molecule has 2 atom stereocenters. The third-order valence-corrected chi connectivity index (χ3v) is 3.36. The van der Waals surface area contributed by atoms with Crippen molar-refractivity contribution in [3.05, 3.63) is 35.1 Å². The van der Waals surface area contributed by atoms with Crippen LogP contribution in [-0.4, -0.2) is 6.54 Å².